The van der Waals surface area contributed by atoms with Crippen LogP contribution in [0.5, 0.6) is 0 Å². The number of H-pyrrole nitrogens is 1. The van der Waals surface area contributed by atoms with E-state index in [2.05, 4.69) is 47.7 Å². The quantitative estimate of drug-likeness (QED) is 0.730. The maximum Gasteiger partial charge on any atom is 0.317 e. The van der Waals surface area contributed by atoms with Crippen LogP contribution in [0.15, 0.2) is 18.2 Å². The molecule has 1 fully saturated rings. The molecular formula is C23H34N4O. The van der Waals surface area contributed by atoms with E-state index in [9.17, 15) is 4.79 Å². The molecule has 1 aliphatic heterocycles. The zero-order chi connectivity index (χ0) is 19.9. The highest BCUT2D eigenvalue weighted by atomic mass is 16.2. The number of benzene rings is 1. The highest BCUT2D eigenvalue weighted by Crippen LogP contribution is 2.44. The molecule has 1 unspecified atom stereocenters. The lowest BCUT2D eigenvalue weighted by Crippen LogP contribution is -2.64. The van der Waals surface area contributed by atoms with E-state index in [-0.39, 0.29) is 11.6 Å². The Balaban J connectivity index is 1.67. The second-order valence-electron chi connectivity index (χ2n) is 8.63. The van der Waals surface area contributed by atoms with Gasteiger partial charge in [0.25, 0.3) is 0 Å². The van der Waals surface area contributed by atoms with Gasteiger partial charge in [-0.25, -0.2) is 4.79 Å². The minimum Gasteiger partial charge on any atom is -0.358 e. The highest BCUT2D eigenvalue weighted by molar-refractivity contribution is 5.89. The summed E-state index contributed by atoms with van der Waals surface area (Å²) in [4.78, 5) is 18.3. The number of hydrogen-bond acceptors (Lipinski definition) is 2. The molecule has 0 radical (unpaired) electrons. The summed E-state index contributed by atoms with van der Waals surface area (Å²) in [7, 11) is 0. The van der Waals surface area contributed by atoms with Crippen molar-refractivity contribution in [1.82, 2.24) is 20.5 Å². The van der Waals surface area contributed by atoms with Crippen LogP contribution in [0.2, 0.25) is 0 Å². The van der Waals surface area contributed by atoms with Crippen molar-refractivity contribution in [1.29, 1.82) is 0 Å². The number of amides is 2. The second kappa shape index (κ2) is 7.43. The number of carbonyl (C=O) groups excluding carboxylic acids is 1. The lowest BCUT2D eigenvalue weighted by molar-refractivity contribution is 0.152. The number of aromatic amines is 1. The molecule has 2 amide bonds. The van der Waals surface area contributed by atoms with Crippen LogP contribution < -0.4 is 10.6 Å². The Hall–Kier alpha value is -2.01. The molecule has 2 heterocycles. The van der Waals surface area contributed by atoms with E-state index in [4.69, 9.17) is 0 Å². The number of nitrogens with zero attached hydrogens (tertiary/aromatic N) is 1. The summed E-state index contributed by atoms with van der Waals surface area (Å²) in [5, 5.41) is 8.70. The molecule has 2 aromatic rings. The van der Waals surface area contributed by atoms with Crippen molar-refractivity contribution in [2.75, 3.05) is 19.6 Å². The van der Waals surface area contributed by atoms with Crippen LogP contribution in [0.3, 0.4) is 0 Å². The van der Waals surface area contributed by atoms with Crippen molar-refractivity contribution >= 4 is 16.9 Å². The Labute approximate surface area is 168 Å². The van der Waals surface area contributed by atoms with Gasteiger partial charge < -0.3 is 20.5 Å². The molecule has 3 atom stereocenters. The van der Waals surface area contributed by atoms with Gasteiger partial charge in [0.05, 0.1) is 5.54 Å². The van der Waals surface area contributed by atoms with Gasteiger partial charge in [-0.1, -0.05) is 25.5 Å². The van der Waals surface area contributed by atoms with Gasteiger partial charge in [-0.15, -0.1) is 0 Å². The number of nitrogens with one attached hydrogen (secondary N) is 3. The predicted molar refractivity (Wildman–Crippen MR) is 115 cm³/mol. The zero-order valence-corrected chi connectivity index (χ0v) is 17.7. The molecule has 0 bridgehead atoms. The fraction of sp³-hybridized carbons (Fsp3) is 0.609. The average molecular weight is 383 g/mol. The van der Waals surface area contributed by atoms with Gasteiger partial charge in [-0.2, -0.15) is 0 Å². The van der Waals surface area contributed by atoms with E-state index in [1.807, 2.05) is 18.7 Å². The van der Waals surface area contributed by atoms with Crippen LogP contribution in [0.4, 0.5) is 4.79 Å². The molecule has 1 saturated heterocycles. The van der Waals surface area contributed by atoms with E-state index in [0.29, 0.717) is 12.0 Å². The van der Waals surface area contributed by atoms with Crippen molar-refractivity contribution < 1.29 is 4.79 Å². The molecule has 5 heteroatoms. The molecule has 1 aliphatic carbocycles. The summed E-state index contributed by atoms with van der Waals surface area (Å²) in [6, 6.07) is 7.18. The third-order valence-electron chi connectivity index (χ3n) is 6.95. The lowest BCUT2D eigenvalue weighted by Gasteiger charge is -2.48. The summed E-state index contributed by atoms with van der Waals surface area (Å²) in [5.41, 5.74) is 5.28. The van der Waals surface area contributed by atoms with Crippen LogP contribution >= 0.6 is 0 Å². The molecule has 152 valence electrons. The fourth-order valence-corrected chi connectivity index (χ4v) is 5.55. The molecule has 28 heavy (non-hydrogen) atoms. The first kappa shape index (κ1) is 19.3. The van der Waals surface area contributed by atoms with Crippen LogP contribution in [-0.2, 0) is 6.42 Å². The number of carbonyl (C=O) groups is 1. The number of urea groups is 1. The SMILES string of the molecule is CCC[C@@]1(NC(=O)N(CC)CC)CN[C@@H]2Cc3c(C)[nH]c4cccc(c34)C2C1. The molecule has 4 rings (SSSR count). The minimum atomic E-state index is -0.180. The number of piperidine rings is 1. The Morgan fingerprint density at radius 1 is 1.29 bits per heavy atom. The van der Waals surface area contributed by atoms with Gasteiger partial charge in [0.2, 0.25) is 0 Å². The van der Waals surface area contributed by atoms with Crippen molar-refractivity contribution in [2.24, 2.45) is 0 Å². The molecule has 0 spiro atoms. The molecule has 2 aliphatic rings. The maximum atomic E-state index is 12.9. The first-order valence-corrected chi connectivity index (χ1v) is 10.9. The number of aromatic nitrogens is 1. The van der Waals surface area contributed by atoms with Gasteiger partial charge in [0, 0.05) is 48.2 Å². The molecule has 1 aromatic heterocycles. The van der Waals surface area contributed by atoms with Gasteiger partial charge in [-0.3, -0.25) is 0 Å². The zero-order valence-electron chi connectivity index (χ0n) is 17.7. The topological polar surface area (TPSA) is 60.2 Å². The normalized spacial score (nSPS) is 26.1. The summed E-state index contributed by atoms with van der Waals surface area (Å²) >= 11 is 0. The Kier molecular flexibility index (Phi) is 5.13. The van der Waals surface area contributed by atoms with Gasteiger partial charge in [0.1, 0.15) is 0 Å². The fourth-order valence-electron chi connectivity index (χ4n) is 5.55. The highest BCUT2D eigenvalue weighted by Gasteiger charge is 2.44. The monoisotopic (exact) mass is 382 g/mol. The van der Waals surface area contributed by atoms with Crippen molar-refractivity contribution in [3.63, 3.8) is 0 Å². The molecule has 0 saturated carbocycles. The summed E-state index contributed by atoms with van der Waals surface area (Å²) in [5.74, 6) is 0.434. The molecule has 3 N–H and O–H groups in total. The largest absolute Gasteiger partial charge is 0.358 e. The van der Waals surface area contributed by atoms with Crippen LogP contribution in [-0.4, -0.2) is 47.1 Å². The standard InChI is InChI=1S/C23H34N4O/c1-5-11-23(26-22(28)27(6-2)7-3)13-18-16-9-8-10-19-21(16)17(15(4)25-19)12-20(18)24-14-23/h8-10,18,20,24-25H,5-7,11-14H2,1-4H3,(H,26,28)/t18?,20-,23+/m1/s1. The number of hydrogen-bond donors (Lipinski definition) is 3. The van der Waals surface area contributed by atoms with Crippen molar-refractivity contribution in [3.8, 4) is 0 Å². The van der Waals surface area contributed by atoms with Gasteiger partial charge in [-0.05, 0) is 57.2 Å². The number of rotatable bonds is 5. The minimum absolute atomic E-state index is 0.0749. The second-order valence-corrected chi connectivity index (χ2v) is 8.63. The Morgan fingerprint density at radius 3 is 2.79 bits per heavy atom. The van der Waals surface area contributed by atoms with Crippen LogP contribution in [0.1, 0.15) is 62.8 Å². The average Bonchev–Trinajstić information content (AvgIpc) is 3.00. The van der Waals surface area contributed by atoms with E-state index in [1.54, 1.807) is 0 Å². The predicted octanol–water partition coefficient (Wildman–Crippen LogP) is 4.07. The smallest absolute Gasteiger partial charge is 0.317 e. The van der Waals surface area contributed by atoms with Crippen LogP contribution in [0.25, 0.3) is 10.9 Å². The van der Waals surface area contributed by atoms with Crippen LogP contribution in [0, 0.1) is 6.92 Å². The molecular weight excluding hydrogens is 348 g/mol. The molecule has 5 nitrogen and oxygen atoms in total. The lowest BCUT2D eigenvalue weighted by atomic mass is 9.69. The first-order valence-electron chi connectivity index (χ1n) is 10.9. The number of fused-ring (bicyclic) bond motifs is 2. The third-order valence-corrected chi connectivity index (χ3v) is 6.95. The van der Waals surface area contributed by atoms with Gasteiger partial charge in [0.15, 0.2) is 0 Å². The maximum absolute atomic E-state index is 12.9. The Bertz CT molecular complexity index is 869. The van der Waals surface area contributed by atoms with Gasteiger partial charge >= 0.3 is 6.03 Å². The van der Waals surface area contributed by atoms with E-state index >= 15 is 0 Å². The van der Waals surface area contributed by atoms with Crippen molar-refractivity contribution in [2.45, 2.75) is 70.9 Å². The molecule has 1 aromatic carbocycles. The van der Waals surface area contributed by atoms with E-state index in [1.165, 1.54) is 27.7 Å². The number of aryl methyl sites for hydroxylation is 1. The first-order chi connectivity index (χ1) is 13.5. The van der Waals surface area contributed by atoms with E-state index < -0.39 is 0 Å². The summed E-state index contributed by atoms with van der Waals surface area (Å²) < 4.78 is 0. The Morgan fingerprint density at radius 2 is 2.07 bits per heavy atom. The summed E-state index contributed by atoms with van der Waals surface area (Å²) in [6.07, 6.45) is 4.15. The van der Waals surface area contributed by atoms with Crippen molar-refractivity contribution in [3.05, 3.63) is 35.0 Å². The van der Waals surface area contributed by atoms with E-state index in [0.717, 1.165) is 45.3 Å². The third kappa shape index (κ3) is 3.10. The summed E-state index contributed by atoms with van der Waals surface area (Å²) in [6.45, 7) is 10.8.